The van der Waals surface area contributed by atoms with Gasteiger partial charge in [-0.25, -0.2) is 0 Å². The lowest BCUT2D eigenvalue weighted by Gasteiger charge is -2.38. The summed E-state index contributed by atoms with van der Waals surface area (Å²) in [6, 6.07) is 10.2. The molecule has 1 aromatic carbocycles. The van der Waals surface area contributed by atoms with E-state index in [1.807, 2.05) is 39.0 Å². The Hall–Kier alpha value is -1.64. The molecular formula is C18H28N2O. The maximum atomic E-state index is 12.1. The topological polar surface area (TPSA) is 32.7 Å². The van der Waals surface area contributed by atoms with Crippen LogP contribution >= 0.6 is 0 Å². The fourth-order valence-electron chi connectivity index (χ4n) is 2.04. The first-order valence-corrected chi connectivity index (χ1v) is 7.43. The maximum Gasteiger partial charge on any atom is 0.194 e. The second kappa shape index (κ2) is 6.42. The van der Waals surface area contributed by atoms with Gasteiger partial charge in [0, 0.05) is 19.0 Å². The number of Topliss-reactive ketones (excluding diaryl/α,β-unsaturated/α-hetero) is 1. The fraction of sp³-hybridized carbons (Fsp3) is 0.556. The number of nitrogens with zero attached hydrogens (tertiary/aromatic N) is 2. The Kier molecular flexibility index (Phi) is 5.32. The van der Waals surface area contributed by atoms with E-state index in [2.05, 4.69) is 42.8 Å². The van der Waals surface area contributed by atoms with Gasteiger partial charge in [-0.05, 0) is 47.1 Å². The van der Waals surface area contributed by atoms with Crippen molar-refractivity contribution in [3.63, 3.8) is 0 Å². The minimum absolute atomic E-state index is 0.00998. The molecule has 116 valence electrons. The average molecular weight is 288 g/mol. The molecule has 0 aliphatic carbocycles. The summed E-state index contributed by atoms with van der Waals surface area (Å²) in [6.45, 7) is 14.6. The highest BCUT2D eigenvalue weighted by Crippen LogP contribution is 2.20. The van der Waals surface area contributed by atoms with Gasteiger partial charge in [-0.2, -0.15) is 0 Å². The first-order chi connectivity index (χ1) is 9.50. The maximum absolute atomic E-state index is 12.1. The van der Waals surface area contributed by atoms with Crippen LogP contribution in [0.2, 0.25) is 0 Å². The van der Waals surface area contributed by atoms with Crippen molar-refractivity contribution in [3.8, 4) is 0 Å². The normalized spacial score (nSPS) is 13.2. The summed E-state index contributed by atoms with van der Waals surface area (Å²) in [5.74, 6) is 0.564. The molecule has 3 heteroatoms. The molecule has 0 bridgehead atoms. The van der Waals surface area contributed by atoms with Crippen molar-refractivity contribution in [2.24, 2.45) is 4.99 Å². The van der Waals surface area contributed by atoms with Gasteiger partial charge in [0.25, 0.3) is 0 Å². The van der Waals surface area contributed by atoms with E-state index < -0.39 is 0 Å². The van der Waals surface area contributed by atoms with Crippen molar-refractivity contribution in [1.29, 1.82) is 0 Å². The molecule has 0 heterocycles. The minimum atomic E-state index is -0.277. The van der Waals surface area contributed by atoms with Crippen LogP contribution in [0.1, 0.15) is 54.0 Å². The molecule has 0 fully saturated rings. The van der Waals surface area contributed by atoms with Crippen LogP contribution in [0, 0.1) is 0 Å². The lowest BCUT2D eigenvalue weighted by Crippen LogP contribution is -2.48. The lowest BCUT2D eigenvalue weighted by molar-refractivity contribution is -0.112. The molecule has 0 spiro atoms. The molecule has 0 amide bonds. The van der Waals surface area contributed by atoms with Crippen molar-refractivity contribution in [3.05, 3.63) is 35.9 Å². The van der Waals surface area contributed by atoms with Crippen molar-refractivity contribution < 1.29 is 4.79 Å². The molecule has 1 rings (SSSR count). The zero-order valence-electron chi connectivity index (χ0n) is 14.4. The Morgan fingerprint density at radius 1 is 1.05 bits per heavy atom. The van der Waals surface area contributed by atoms with E-state index in [4.69, 9.17) is 0 Å². The standard InChI is InChI=1S/C18H28N2O/c1-14(21)16(19-17(2,3)4)20(18(5,6)7)13-15-11-9-8-10-12-15/h8-12H,13H2,1-7H3/b19-16-. The predicted molar refractivity (Wildman–Crippen MR) is 89.6 cm³/mol. The largest absolute Gasteiger partial charge is 0.345 e. The highest BCUT2D eigenvalue weighted by atomic mass is 16.1. The van der Waals surface area contributed by atoms with Gasteiger partial charge in [0.1, 0.15) is 0 Å². The van der Waals surface area contributed by atoms with E-state index in [0.717, 1.165) is 0 Å². The van der Waals surface area contributed by atoms with Crippen LogP contribution in [0.3, 0.4) is 0 Å². The van der Waals surface area contributed by atoms with Gasteiger partial charge in [0.05, 0.1) is 5.54 Å². The van der Waals surface area contributed by atoms with Crippen molar-refractivity contribution in [2.45, 2.75) is 66.1 Å². The number of benzene rings is 1. The molecular weight excluding hydrogens is 260 g/mol. The summed E-state index contributed by atoms with van der Waals surface area (Å²) in [5, 5.41) is 0. The zero-order chi connectivity index (χ0) is 16.3. The van der Waals surface area contributed by atoms with Crippen molar-refractivity contribution >= 4 is 11.6 Å². The Morgan fingerprint density at radius 2 is 1.57 bits per heavy atom. The van der Waals surface area contributed by atoms with Crippen LogP contribution in [0.5, 0.6) is 0 Å². The van der Waals surface area contributed by atoms with Crippen LogP contribution in [-0.4, -0.2) is 27.6 Å². The smallest absolute Gasteiger partial charge is 0.194 e. The van der Waals surface area contributed by atoms with Gasteiger partial charge in [-0.15, -0.1) is 0 Å². The first-order valence-electron chi connectivity index (χ1n) is 7.43. The summed E-state index contributed by atoms with van der Waals surface area (Å²) < 4.78 is 0. The third-order valence-corrected chi connectivity index (χ3v) is 3.01. The van der Waals surface area contributed by atoms with Crippen LogP contribution < -0.4 is 0 Å². The number of hydrogen-bond donors (Lipinski definition) is 0. The highest BCUT2D eigenvalue weighted by Gasteiger charge is 2.28. The number of aliphatic imine (C=N–C) groups is 1. The Balaban J connectivity index is 3.23. The van der Waals surface area contributed by atoms with E-state index in [9.17, 15) is 4.79 Å². The van der Waals surface area contributed by atoms with Crippen molar-refractivity contribution in [2.75, 3.05) is 0 Å². The third kappa shape index (κ3) is 5.70. The molecule has 0 unspecified atom stereocenters. The molecule has 0 aliphatic heterocycles. The zero-order valence-corrected chi connectivity index (χ0v) is 14.4. The van der Waals surface area contributed by atoms with Gasteiger partial charge in [-0.1, -0.05) is 30.3 Å². The van der Waals surface area contributed by atoms with Crippen molar-refractivity contribution in [1.82, 2.24) is 4.90 Å². The number of amidine groups is 1. The summed E-state index contributed by atoms with van der Waals surface area (Å²) in [4.78, 5) is 18.9. The number of rotatable bonds is 3. The van der Waals surface area contributed by atoms with Crippen LogP contribution in [0.4, 0.5) is 0 Å². The first kappa shape index (κ1) is 17.4. The predicted octanol–water partition coefficient (Wildman–Crippen LogP) is 4.07. The van der Waals surface area contributed by atoms with Gasteiger partial charge in [0.2, 0.25) is 0 Å². The highest BCUT2D eigenvalue weighted by molar-refractivity contribution is 6.38. The fourth-order valence-corrected chi connectivity index (χ4v) is 2.04. The van der Waals surface area contributed by atoms with Gasteiger partial charge in [-0.3, -0.25) is 9.79 Å². The Bertz CT molecular complexity index is 504. The van der Waals surface area contributed by atoms with Gasteiger partial charge in [0.15, 0.2) is 11.6 Å². The Labute approximate surface area is 129 Å². The molecule has 0 saturated carbocycles. The third-order valence-electron chi connectivity index (χ3n) is 3.01. The van der Waals surface area contributed by atoms with E-state index in [-0.39, 0.29) is 16.9 Å². The number of carbonyl (C=O) groups excluding carboxylic acids is 1. The van der Waals surface area contributed by atoms with Crippen LogP contribution in [0.25, 0.3) is 0 Å². The monoisotopic (exact) mass is 288 g/mol. The molecule has 0 saturated heterocycles. The SMILES string of the molecule is CC(=O)/C(=N/C(C)(C)C)N(Cc1ccccc1)C(C)(C)C. The number of carbonyl (C=O) groups is 1. The number of ketones is 1. The molecule has 0 aromatic heterocycles. The number of hydrogen-bond acceptors (Lipinski definition) is 2. The Morgan fingerprint density at radius 3 is 1.95 bits per heavy atom. The van der Waals surface area contributed by atoms with Crippen LogP contribution in [-0.2, 0) is 11.3 Å². The summed E-state index contributed by atoms with van der Waals surface area (Å²) >= 11 is 0. The minimum Gasteiger partial charge on any atom is -0.345 e. The molecule has 0 N–H and O–H groups in total. The molecule has 21 heavy (non-hydrogen) atoms. The van der Waals surface area contributed by atoms with E-state index in [0.29, 0.717) is 12.4 Å². The molecule has 0 radical (unpaired) electrons. The van der Waals surface area contributed by atoms with Gasteiger partial charge >= 0.3 is 0 Å². The summed E-state index contributed by atoms with van der Waals surface area (Å²) in [7, 11) is 0. The molecule has 0 atom stereocenters. The molecule has 3 nitrogen and oxygen atoms in total. The molecule has 0 aliphatic rings. The van der Waals surface area contributed by atoms with Crippen LogP contribution in [0.15, 0.2) is 35.3 Å². The average Bonchev–Trinajstić information content (AvgIpc) is 2.32. The van der Waals surface area contributed by atoms with Gasteiger partial charge < -0.3 is 4.90 Å². The summed E-state index contributed by atoms with van der Waals surface area (Å²) in [5.41, 5.74) is 0.725. The summed E-state index contributed by atoms with van der Waals surface area (Å²) in [6.07, 6.45) is 0. The second-order valence-electron chi connectivity index (χ2n) is 7.40. The van der Waals surface area contributed by atoms with E-state index >= 15 is 0 Å². The van der Waals surface area contributed by atoms with E-state index in [1.54, 1.807) is 6.92 Å². The van der Waals surface area contributed by atoms with E-state index in [1.165, 1.54) is 5.56 Å². The molecule has 1 aromatic rings. The second-order valence-corrected chi connectivity index (χ2v) is 7.40. The lowest BCUT2D eigenvalue weighted by atomic mass is 10.0. The quantitative estimate of drug-likeness (QED) is 0.620.